The second-order valence-electron chi connectivity index (χ2n) is 7.42. The zero-order valence-electron chi connectivity index (χ0n) is 18.0. The molecule has 1 aromatic heterocycles. The van der Waals surface area contributed by atoms with Crippen molar-refractivity contribution in [1.29, 1.82) is 0 Å². The van der Waals surface area contributed by atoms with Gasteiger partial charge in [-0.25, -0.2) is 4.68 Å². The summed E-state index contributed by atoms with van der Waals surface area (Å²) in [6.45, 7) is 2.42. The predicted molar refractivity (Wildman–Crippen MR) is 128 cm³/mol. The Balaban J connectivity index is 1.47. The molecule has 1 fully saturated rings. The minimum atomic E-state index is -0.470. The number of aromatic nitrogens is 2. The molecule has 2 aromatic carbocycles. The number of thioether (sulfide) groups is 1. The fourth-order valence-corrected chi connectivity index (χ4v) is 4.39. The summed E-state index contributed by atoms with van der Waals surface area (Å²) in [4.78, 5) is 51.9. The highest BCUT2D eigenvalue weighted by atomic mass is 32.2. The van der Waals surface area contributed by atoms with Gasteiger partial charge in [0.25, 0.3) is 22.6 Å². The highest BCUT2D eigenvalue weighted by Crippen LogP contribution is 2.31. The van der Waals surface area contributed by atoms with Crippen molar-refractivity contribution in [2.45, 2.75) is 19.9 Å². The minimum absolute atomic E-state index is 0.0368. The van der Waals surface area contributed by atoms with Crippen LogP contribution in [0.4, 0.5) is 4.79 Å². The topological polar surface area (TPSA) is 101 Å². The van der Waals surface area contributed by atoms with Crippen LogP contribution in [0, 0.1) is 0 Å². The van der Waals surface area contributed by atoms with Crippen molar-refractivity contribution in [3.63, 3.8) is 0 Å². The van der Waals surface area contributed by atoms with Gasteiger partial charge in [0.15, 0.2) is 5.69 Å². The molecule has 1 aliphatic rings. The average Bonchev–Trinajstić information content (AvgIpc) is 3.09. The molecular weight excluding hydrogens is 440 g/mol. The van der Waals surface area contributed by atoms with Crippen LogP contribution in [-0.2, 0) is 11.3 Å². The van der Waals surface area contributed by atoms with E-state index in [0.717, 1.165) is 22.2 Å². The van der Waals surface area contributed by atoms with E-state index in [0.29, 0.717) is 28.6 Å². The third-order valence-corrected chi connectivity index (χ3v) is 6.02. The summed E-state index contributed by atoms with van der Waals surface area (Å²) in [5, 5.41) is 7.49. The molecule has 168 valence electrons. The Morgan fingerprint density at radius 3 is 2.42 bits per heavy atom. The summed E-state index contributed by atoms with van der Waals surface area (Å²) >= 11 is 0.878. The Bertz CT molecular complexity index is 1320. The van der Waals surface area contributed by atoms with Crippen LogP contribution in [0.1, 0.15) is 29.4 Å². The molecule has 1 N–H and O–H groups in total. The van der Waals surface area contributed by atoms with E-state index in [-0.39, 0.29) is 35.5 Å². The SMILES string of the molecule is CCCn1nc(C(=O)NCCN2C(=O)SC(=Cc3ccccc3)C2=O)c2ccccc2c1=O. The number of amides is 3. The number of hydrogen-bond donors (Lipinski definition) is 1. The van der Waals surface area contributed by atoms with Crippen LogP contribution in [0.3, 0.4) is 0 Å². The van der Waals surface area contributed by atoms with Crippen molar-refractivity contribution < 1.29 is 14.4 Å². The lowest BCUT2D eigenvalue weighted by molar-refractivity contribution is -0.122. The zero-order chi connectivity index (χ0) is 23.4. The first-order valence-electron chi connectivity index (χ1n) is 10.6. The van der Waals surface area contributed by atoms with E-state index in [9.17, 15) is 19.2 Å². The van der Waals surface area contributed by atoms with Gasteiger partial charge in [0.2, 0.25) is 0 Å². The number of nitrogens with zero attached hydrogens (tertiary/aromatic N) is 3. The first-order chi connectivity index (χ1) is 16.0. The van der Waals surface area contributed by atoms with Crippen LogP contribution in [0.25, 0.3) is 16.8 Å². The van der Waals surface area contributed by atoms with Gasteiger partial charge in [0.05, 0.1) is 10.3 Å². The van der Waals surface area contributed by atoms with Gasteiger partial charge < -0.3 is 5.32 Å². The number of nitrogens with one attached hydrogen (secondary N) is 1. The van der Waals surface area contributed by atoms with Crippen LogP contribution < -0.4 is 10.9 Å². The molecule has 9 heteroatoms. The lowest BCUT2D eigenvalue weighted by Gasteiger charge is -2.14. The van der Waals surface area contributed by atoms with Crippen LogP contribution in [0.5, 0.6) is 0 Å². The molecule has 33 heavy (non-hydrogen) atoms. The van der Waals surface area contributed by atoms with E-state index in [1.807, 2.05) is 37.3 Å². The monoisotopic (exact) mass is 462 g/mol. The minimum Gasteiger partial charge on any atom is -0.349 e. The van der Waals surface area contributed by atoms with E-state index in [2.05, 4.69) is 10.4 Å². The van der Waals surface area contributed by atoms with E-state index in [1.165, 1.54) is 4.68 Å². The lowest BCUT2D eigenvalue weighted by atomic mass is 10.1. The van der Waals surface area contributed by atoms with Crippen molar-refractivity contribution in [3.05, 3.63) is 81.1 Å². The average molecular weight is 463 g/mol. The molecule has 0 atom stereocenters. The Hall–Kier alpha value is -3.72. The molecule has 0 saturated carbocycles. The molecular formula is C24H22N4O4S. The number of carbonyl (C=O) groups is 3. The van der Waals surface area contributed by atoms with Crippen molar-refractivity contribution in [1.82, 2.24) is 20.0 Å². The predicted octanol–water partition coefficient (Wildman–Crippen LogP) is 3.27. The molecule has 8 nitrogen and oxygen atoms in total. The number of imide groups is 1. The quantitative estimate of drug-likeness (QED) is 0.541. The van der Waals surface area contributed by atoms with Crippen molar-refractivity contribution >= 4 is 45.7 Å². The summed E-state index contributed by atoms with van der Waals surface area (Å²) in [6.07, 6.45) is 2.37. The molecule has 1 aliphatic heterocycles. The Morgan fingerprint density at radius 1 is 1.00 bits per heavy atom. The second-order valence-corrected chi connectivity index (χ2v) is 8.42. The van der Waals surface area contributed by atoms with Gasteiger partial charge >= 0.3 is 0 Å². The molecule has 3 amide bonds. The molecule has 4 rings (SSSR count). The van der Waals surface area contributed by atoms with E-state index < -0.39 is 5.91 Å². The number of rotatable bonds is 7. The molecule has 0 aliphatic carbocycles. The molecule has 2 heterocycles. The number of carbonyl (C=O) groups excluding carboxylic acids is 3. The summed E-state index contributed by atoms with van der Waals surface area (Å²) in [7, 11) is 0. The van der Waals surface area contributed by atoms with Crippen LogP contribution in [0.15, 0.2) is 64.3 Å². The molecule has 0 bridgehead atoms. The van der Waals surface area contributed by atoms with Crippen molar-refractivity contribution in [2.75, 3.05) is 13.1 Å². The molecule has 0 unspecified atom stereocenters. The number of hydrogen-bond acceptors (Lipinski definition) is 6. The van der Waals surface area contributed by atoms with Gasteiger partial charge in [0, 0.05) is 25.0 Å². The zero-order valence-corrected chi connectivity index (χ0v) is 18.8. The molecule has 0 radical (unpaired) electrons. The normalized spacial score (nSPS) is 14.9. The molecule has 0 spiro atoms. The van der Waals surface area contributed by atoms with Gasteiger partial charge in [-0.05, 0) is 35.9 Å². The van der Waals surface area contributed by atoms with Gasteiger partial charge in [-0.2, -0.15) is 5.10 Å². The second kappa shape index (κ2) is 9.83. The van der Waals surface area contributed by atoms with E-state index >= 15 is 0 Å². The maximum absolute atomic E-state index is 12.9. The van der Waals surface area contributed by atoms with Gasteiger partial charge in [0.1, 0.15) is 0 Å². The van der Waals surface area contributed by atoms with Gasteiger partial charge in [-0.15, -0.1) is 0 Å². The maximum atomic E-state index is 12.9. The molecule has 1 saturated heterocycles. The number of fused-ring (bicyclic) bond motifs is 1. The Kier molecular flexibility index (Phi) is 6.69. The summed E-state index contributed by atoms with van der Waals surface area (Å²) in [6, 6.07) is 16.1. The number of aryl methyl sites for hydroxylation is 1. The first-order valence-corrected chi connectivity index (χ1v) is 11.4. The Morgan fingerprint density at radius 2 is 1.70 bits per heavy atom. The lowest BCUT2D eigenvalue weighted by Crippen LogP contribution is -2.38. The standard InChI is InChI=1S/C24H22N4O4S/c1-2-13-28-22(30)18-11-7-6-10-17(18)20(26-28)21(29)25-12-14-27-23(31)19(33-24(27)32)15-16-8-4-3-5-9-16/h3-11,15H,2,12-14H2,1H3,(H,25,29). The third-order valence-electron chi connectivity index (χ3n) is 5.11. The fourth-order valence-electron chi connectivity index (χ4n) is 3.52. The molecule has 3 aromatic rings. The maximum Gasteiger partial charge on any atom is 0.293 e. The fraction of sp³-hybridized carbons (Fsp3) is 0.208. The van der Waals surface area contributed by atoms with E-state index in [1.54, 1.807) is 30.3 Å². The van der Waals surface area contributed by atoms with Crippen LogP contribution in [-0.4, -0.2) is 44.8 Å². The van der Waals surface area contributed by atoms with Crippen LogP contribution in [0.2, 0.25) is 0 Å². The van der Waals surface area contributed by atoms with E-state index in [4.69, 9.17) is 0 Å². The first kappa shape index (κ1) is 22.5. The summed E-state index contributed by atoms with van der Waals surface area (Å²) in [5.41, 5.74) is 0.722. The third kappa shape index (κ3) is 4.73. The smallest absolute Gasteiger partial charge is 0.293 e. The highest BCUT2D eigenvalue weighted by molar-refractivity contribution is 8.18. The number of benzene rings is 2. The van der Waals surface area contributed by atoms with Gasteiger partial charge in [-0.3, -0.25) is 24.1 Å². The van der Waals surface area contributed by atoms with Gasteiger partial charge in [-0.1, -0.05) is 55.5 Å². The van der Waals surface area contributed by atoms with Crippen LogP contribution >= 0.6 is 11.8 Å². The largest absolute Gasteiger partial charge is 0.349 e. The summed E-state index contributed by atoms with van der Waals surface area (Å²) < 4.78 is 1.29. The van der Waals surface area contributed by atoms with Crippen molar-refractivity contribution in [2.24, 2.45) is 0 Å². The Labute approximate surface area is 194 Å². The van der Waals surface area contributed by atoms with Crippen molar-refractivity contribution in [3.8, 4) is 0 Å². The summed E-state index contributed by atoms with van der Waals surface area (Å²) in [5.74, 6) is -0.856. The highest BCUT2D eigenvalue weighted by Gasteiger charge is 2.34.